The lowest BCUT2D eigenvalue weighted by atomic mass is 9.73. The van der Waals surface area contributed by atoms with E-state index >= 15 is 0 Å². The summed E-state index contributed by atoms with van der Waals surface area (Å²) in [5.74, 6) is 6.27. The molecule has 2 heterocycles. The zero-order valence-corrected chi connectivity index (χ0v) is 13.9. The largest absolute Gasteiger partial charge is 0.388 e. The zero-order chi connectivity index (χ0) is 15.8. The molecule has 0 N–H and O–H groups in total. The van der Waals surface area contributed by atoms with Crippen LogP contribution in [0.2, 0.25) is 5.02 Å². The molecule has 4 rings (SSSR count). The Morgan fingerprint density at radius 3 is 2.61 bits per heavy atom. The van der Waals surface area contributed by atoms with E-state index < -0.39 is 0 Å². The fourth-order valence-corrected chi connectivity index (χ4v) is 4.07. The summed E-state index contributed by atoms with van der Waals surface area (Å²) in [5.41, 5.74) is 1.73. The molecule has 1 saturated heterocycles. The molecule has 0 atom stereocenters. The first-order valence-corrected chi connectivity index (χ1v) is 8.72. The van der Waals surface area contributed by atoms with E-state index in [1.54, 1.807) is 0 Å². The van der Waals surface area contributed by atoms with Gasteiger partial charge in [0.1, 0.15) is 11.3 Å². The Morgan fingerprint density at radius 2 is 1.87 bits per heavy atom. The van der Waals surface area contributed by atoms with Crippen LogP contribution in [0.1, 0.15) is 50.5 Å². The summed E-state index contributed by atoms with van der Waals surface area (Å²) in [7, 11) is 0. The molecule has 3 nitrogen and oxygen atoms in total. The van der Waals surface area contributed by atoms with Crippen molar-refractivity contribution < 1.29 is 9.57 Å². The van der Waals surface area contributed by atoms with Crippen LogP contribution < -0.4 is 0 Å². The molecule has 2 fully saturated rings. The van der Waals surface area contributed by atoms with Crippen LogP contribution in [0.5, 0.6) is 0 Å². The molecule has 0 bridgehead atoms. The van der Waals surface area contributed by atoms with Gasteiger partial charge in [-0.3, -0.25) is 0 Å². The van der Waals surface area contributed by atoms with Crippen LogP contribution in [0.4, 0.5) is 0 Å². The van der Waals surface area contributed by atoms with Crippen molar-refractivity contribution in [2.24, 2.45) is 5.16 Å². The Morgan fingerprint density at radius 1 is 1.04 bits per heavy atom. The predicted molar refractivity (Wildman–Crippen MR) is 90.6 cm³/mol. The first-order valence-electron chi connectivity index (χ1n) is 8.34. The van der Waals surface area contributed by atoms with Crippen LogP contribution in [0.25, 0.3) is 0 Å². The van der Waals surface area contributed by atoms with Gasteiger partial charge in [0.05, 0.1) is 5.60 Å². The fourth-order valence-electron chi connectivity index (χ4n) is 3.88. The Hall–Kier alpha value is -1.50. The molecule has 1 aromatic rings. The van der Waals surface area contributed by atoms with E-state index in [1.165, 1.54) is 12.8 Å². The molecular weight excluding hydrogens is 310 g/mol. The monoisotopic (exact) mass is 329 g/mol. The molecule has 3 aliphatic rings. The van der Waals surface area contributed by atoms with E-state index in [0.717, 1.165) is 50.0 Å². The molecule has 0 aromatic heterocycles. The SMILES string of the molecule is Clc1cccc(C#CC2=NOC3(CCC4(CCCO4)CC3)C2)c1. The van der Waals surface area contributed by atoms with Crippen molar-refractivity contribution in [1.29, 1.82) is 0 Å². The van der Waals surface area contributed by atoms with Crippen LogP contribution in [-0.4, -0.2) is 23.5 Å². The van der Waals surface area contributed by atoms with Crippen LogP contribution in [0.15, 0.2) is 29.4 Å². The highest BCUT2D eigenvalue weighted by atomic mass is 35.5. The summed E-state index contributed by atoms with van der Waals surface area (Å²) in [5, 5.41) is 4.94. The number of hydrogen-bond donors (Lipinski definition) is 0. The predicted octanol–water partition coefficient (Wildman–Crippen LogP) is 4.33. The highest BCUT2D eigenvalue weighted by Gasteiger charge is 2.48. The van der Waals surface area contributed by atoms with E-state index in [4.69, 9.17) is 21.2 Å². The third kappa shape index (κ3) is 3.11. The third-order valence-electron chi connectivity index (χ3n) is 5.27. The lowest BCUT2D eigenvalue weighted by molar-refractivity contribution is -0.109. The maximum absolute atomic E-state index is 5.99. The molecule has 4 heteroatoms. The van der Waals surface area contributed by atoms with Crippen molar-refractivity contribution in [3.05, 3.63) is 34.9 Å². The van der Waals surface area contributed by atoms with Crippen LogP contribution in [0, 0.1) is 11.8 Å². The Balaban J connectivity index is 1.40. The minimum atomic E-state index is -0.143. The number of ether oxygens (including phenoxy) is 1. The first kappa shape index (κ1) is 15.1. The average molecular weight is 330 g/mol. The Labute approximate surface area is 142 Å². The van der Waals surface area contributed by atoms with E-state index in [2.05, 4.69) is 17.0 Å². The minimum Gasteiger partial charge on any atom is -0.388 e. The molecule has 1 aromatic carbocycles. The molecule has 1 saturated carbocycles. The Kier molecular flexibility index (Phi) is 3.83. The van der Waals surface area contributed by atoms with E-state index in [-0.39, 0.29) is 11.2 Å². The molecule has 2 spiro atoms. The minimum absolute atomic E-state index is 0.129. The lowest BCUT2D eigenvalue weighted by Gasteiger charge is -2.40. The standard InChI is InChI=1S/C19H20ClNO2/c20-16-4-1-3-15(13-16)5-6-17-14-19(23-21-17)10-8-18(9-11-19)7-2-12-22-18/h1,3-4,13H,2,7-12,14H2. The maximum Gasteiger partial charge on any atom is 0.144 e. The van der Waals surface area contributed by atoms with Crippen LogP contribution in [0.3, 0.4) is 0 Å². The molecule has 0 amide bonds. The number of benzene rings is 1. The normalized spacial score (nSPS) is 32.5. The second-order valence-electron chi connectivity index (χ2n) is 6.88. The summed E-state index contributed by atoms with van der Waals surface area (Å²) >= 11 is 5.98. The summed E-state index contributed by atoms with van der Waals surface area (Å²) in [6.45, 7) is 0.917. The smallest absolute Gasteiger partial charge is 0.144 e. The second kappa shape index (κ2) is 5.85. The molecule has 0 radical (unpaired) electrons. The number of halogens is 1. The molecule has 120 valence electrons. The zero-order valence-electron chi connectivity index (χ0n) is 13.1. The Bertz CT molecular complexity index is 685. The van der Waals surface area contributed by atoms with Gasteiger partial charge in [0.25, 0.3) is 0 Å². The van der Waals surface area contributed by atoms with E-state index in [1.807, 2.05) is 24.3 Å². The van der Waals surface area contributed by atoms with Gasteiger partial charge in [-0.1, -0.05) is 28.7 Å². The van der Waals surface area contributed by atoms with Crippen LogP contribution >= 0.6 is 11.6 Å². The lowest BCUT2D eigenvalue weighted by Crippen LogP contribution is -2.42. The van der Waals surface area contributed by atoms with Crippen molar-refractivity contribution in [3.63, 3.8) is 0 Å². The summed E-state index contributed by atoms with van der Waals surface area (Å²) in [6, 6.07) is 7.57. The average Bonchev–Trinajstić information content (AvgIpc) is 3.17. The van der Waals surface area contributed by atoms with Crippen molar-refractivity contribution >= 4 is 17.3 Å². The summed E-state index contributed by atoms with van der Waals surface area (Å²) in [4.78, 5) is 5.81. The third-order valence-corrected chi connectivity index (χ3v) is 5.51. The number of oxime groups is 1. The van der Waals surface area contributed by atoms with Crippen molar-refractivity contribution in [2.75, 3.05) is 6.61 Å². The quantitative estimate of drug-likeness (QED) is 0.663. The summed E-state index contributed by atoms with van der Waals surface area (Å²) < 4.78 is 5.99. The fraction of sp³-hybridized carbons (Fsp3) is 0.526. The number of nitrogens with zero attached hydrogens (tertiary/aromatic N) is 1. The highest BCUT2D eigenvalue weighted by molar-refractivity contribution is 6.30. The van der Waals surface area contributed by atoms with Gasteiger partial charge in [0.15, 0.2) is 0 Å². The molecule has 23 heavy (non-hydrogen) atoms. The van der Waals surface area contributed by atoms with Crippen molar-refractivity contribution in [2.45, 2.75) is 56.1 Å². The van der Waals surface area contributed by atoms with Gasteiger partial charge < -0.3 is 9.57 Å². The number of rotatable bonds is 0. The van der Waals surface area contributed by atoms with Gasteiger partial charge in [-0.2, -0.15) is 0 Å². The van der Waals surface area contributed by atoms with Gasteiger partial charge in [0, 0.05) is 23.6 Å². The molecule has 0 unspecified atom stereocenters. The van der Waals surface area contributed by atoms with Gasteiger partial charge in [-0.05, 0) is 62.6 Å². The van der Waals surface area contributed by atoms with E-state index in [9.17, 15) is 0 Å². The molecular formula is C19H20ClNO2. The maximum atomic E-state index is 5.99. The van der Waals surface area contributed by atoms with Crippen molar-refractivity contribution in [3.8, 4) is 11.8 Å². The second-order valence-corrected chi connectivity index (χ2v) is 7.32. The topological polar surface area (TPSA) is 30.8 Å². The van der Waals surface area contributed by atoms with E-state index in [0.29, 0.717) is 5.02 Å². The van der Waals surface area contributed by atoms with Gasteiger partial charge in [-0.25, -0.2) is 0 Å². The van der Waals surface area contributed by atoms with Crippen LogP contribution in [-0.2, 0) is 9.57 Å². The molecule has 1 aliphatic carbocycles. The van der Waals surface area contributed by atoms with Crippen molar-refractivity contribution in [1.82, 2.24) is 0 Å². The highest BCUT2D eigenvalue weighted by Crippen LogP contribution is 2.47. The van der Waals surface area contributed by atoms with Gasteiger partial charge >= 0.3 is 0 Å². The first-order chi connectivity index (χ1) is 11.2. The number of hydrogen-bond acceptors (Lipinski definition) is 3. The molecule has 2 aliphatic heterocycles. The van der Waals surface area contributed by atoms with Gasteiger partial charge in [0.2, 0.25) is 0 Å². The summed E-state index contributed by atoms with van der Waals surface area (Å²) in [6.07, 6.45) is 7.40. The van der Waals surface area contributed by atoms with Gasteiger partial charge in [-0.15, -0.1) is 0 Å².